The summed E-state index contributed by atoms with van der Waals surface area (Å²) in [6, 6.07) is 7.53. The van der Waals surface area contributed by atoms with Gasteiger partial charge in [-0.25, -0.2) is 4.63 Å². The van der Waals surface area contributed by atoms with Crippen LogP contribution in [0.25, 0.3) is 0 Å². The predicted octanol–water partition coefficient (Wildman–Crippen LogP) is 2.75. The van der Waals surface area contributed by atoms with Gasteiger partial charge in [-0.05, 0) is 40.3 Å². The van der Waals surface area contributed by atoms with E-state index in [9.17, 15) is 4.79 Å². The minimum absolute atomic E-state index is 0.0544. The van der Waals surface area contributed by atoms with Crippen LogP contribution in [0.2, 0.25) is 5.02 Å². The van der Waals surface area contributed by atoms with Gasteiger partial charge >= 0.3 is 0 Å². The van der Waals surface area contributed by atoms with Crippen molar-refractivity contribution in [3.05, 3.63) is 46.6 Å². The zero-order chi connectivity index (χ0) is 14.8. The van der Waals surface area contributed by atoms with Gasteiger partial charge in [0, 0.05) is 23.2 Å². The molecule has 2 aromatic rings. The molecule has 1 heterocycles. The van der Waals surface area contributed by atoms with E-state index in [0.717, 1.165) is 11.3 Å². The number of halogens is 1. The summed E-state index contributed by atoms with van der Waals surface area (Å²) >= 11 is 5.89. The fraction of sp³-hybridized carbons (Fsp3) is 0.214. The van der Waals surface area contributed by atoms with Gasteiger partial charge in [-0.15, -0.1) is 0 Å². The first-order valence-corrected chi connectivity index (χ1v) is 6.83. The lowest BCUT2D eigenvalue weighted by molar-refractivity contribution is -0.115. The molecule has 3 N–H and O–H groups in total. The molecule has 1 aliphatic rings. The summed E-state index contributed by atoms with van der Waals surface area (Å²) in [5.74, 6) is 0.643. The van der Waals surface area contributed by atoms with Gasteiger partial charge in [-0.2, -0.15) is 0 Å². The molecule has 0 spiro atoms. The van der Waals surface area contributed by atoms with Crippen molar-refractivity contribution >= 4 is 29.0 Å². The van der Waals surface area contributed by atoms with Crippen molar-refractivity contribution in [2.45, 2.75) is 18.8 Å². The fourth-order valence-corrected chi connectivity index (χ4v) is 2.51. The molecule has 0 saturated carbocycles. The second-order valence-corrected chi connectivity index (χ2v) is 5.35. The lowest BCUT2D eigenvalue weighted by Gasteiger charge is -2.22. The van der Waals surface area contributed by atoms with Crippen LogP contribution in [0.15, 0.2) is 40.7 Å². The third-order valence-corrected chi connectivity index (χ3v) is 3.64. The Balaban J connectivity index is 1.79. The quantitative estimate of drug-likeness (QED) is 0.905. The SMILES string of the molecule is Nc1nonc1NC1=CC(=O)C[C@H](c2ccc(Cl)cc2)C1. The number of nitrogens with zero attached hydrogens (tertiary/aromatic N) is 2. The fourth-order valence-electron chi connectivity index (χ4n) is 2.38. The van der Waals surface area contributed by atoms with E-state index < -0.39 is 0 Å². The average Bonchev–Trinajstić information content (AvgIpc) is 2.84. The van der Waals surface area contributed by atoms with Crippen LogP contribution in [0.5, 0.6) is 0 Å². The topological polar surface area (TPSA) is 94.0 Å². The standard InChI is InChI=1S/C14H13ClN4O2/c15-10-3-1-8(2-4-10)9-5-11(7-12(20)6-9)17-14-13(16)18-21-19-14/h1-4,7,9H,5-6H2,(H2,16,18)(H,17,19)/t9-/m1/s1. The summed E-state index contributed by atoms with van der Waals surface area (Å²) in [6.07, 6.45) is 2.72. The normalized spacial score (nSPS) is 18.4. The number of anilines is 2. The van der Waals surface area contributed by atoms with Crippen molar-refractivity contribution in [1.82, 2.24) is 10.3 Å². The summed E-state index contributed by atoms with van der Waals surface area (Å²) in [7, 11) is 0. The highest BCUT2D eigenvalue weighted by Gasteiger charge is 2.23. The second-order valence-electron chi connectivity index (χ2n) is 4.92. The first-order valence-electron chi connectivity index (χ1n) is 6.46. The van der Waals surface area contributed by atoms with Gasteiger partial charge in [0.1, 0.15) is 0 Å². The number of nitrogens with two attached hydrogens (primary N) is 1. The number of rotatable bonds is 3. The van der Waals surface area contributed by atoms with E-state index in [-0.39, 0.29) is 17.5 Å². The number of hydrogen-bond donors (Lipinski definition) is 2. The van der Waals surface area contributed by atoms with E-state index in [4.69, 9.17) is 17.3 Å². The van der Waals surface area contributed by atoms with Crippen LogP contribution >= 0.6 is 11.6 Å². The van der Waals surface area contributed by atoms with E-state index in [0.29, 0.717) is 23.7 Å². The maximum absolute atomic E-state index is 11.9. The summed E-state index contributed by atoms with van der Waals surface area (Å²) < 4.78 is 4.52. The zero-order valence-corrected chi connectivity index (χ0v) is 11.8. The smallest absolute Gasteiger partial charge is 0.219 e. The van der Waals surface area contributed by atoms with E-state index in [2.05, 4.69) is 20.3 Å². The van der Waals surface area contributed by atoms with Crippen molar-refractivity contribution in [3.63, 3.8) is 0 Å². The largest absolute Gasteiger partial charge is 0.378 e. The first kappa shape index (κ1) is 13.6. The molecule has 0 amide bonds. The van der Waals surface area contributed by atoms with Crippen molar-refractivity contribution < 1.29 is 9.42 Å². The third-order valence-electron chi connectivity index (χ3n) is 3.38. The van der Waals surface area contributed by atoms with Gasteiger partial charge in [0.2, 0.25) is 11.6 Å². The van der Waals surface area contributed by atoms with Crippen molar-refractivity contribution in [1.29, 1.82) is 0 Å². The Morgan fingerprint density at radius 1 is 1.24 bits per heavy atom. The highest BCUT2D eigenvalue weighted by Crippen LogP contribution is 2.32. The van der Waals surface area contributed by atoms with Crippen LogP contribution in [-0.4, -0.2) is 16.1 Å². The van der Waals surface area contributed by atoms with Gasteiger partial charge in [0.15, 0.2) is 5.78 Å². The molecule has 1 atom stereocenters. The maximum atomic E-state index is 11.9. The van der Waals surface area contributed by atoms with Gasteiger partial charge in [-0.3, -0.25) is 4.79 Å². The molecule has 1 aliphatic carbocycles. The molecule has 108 valence electrons. The molecule has 0 radical (unpaired) electrons. The predicted molar refractivity (Wildman–Crippen MR) is 78.9 cm³/mol. The molecule has 3 rings (SSSR count). The van der Waals surface area contributed by atoms with Gasteiger partial charge in [0.25, 0.3) is 0 Å². The molecule has 0 unspecified atom stereocenters. The van der Waals surface area contributed by atoms with E-state index in [1.165, 1.54) is 0 Å². The Hall–Kier alpha value is -2.34. The number of carbonyl (C=O) groups is 1. The van der Waals surface area contributed by atoms with Crippen molar-refractivity contribution in [3.8, 4) is 0 Å². The van der Waals surface area contributed by atoms with Crippen molar-refractivity contribution in [2.75, 3.05) is 11.1 Å². The average molecular weight is 305 g/mol. The highest BCUT2D eigenvalue weighted by atomic mass is 35.5. The molecule has 7 heteroatoms. The van der Waals surface area contributed by atoms with Crippen LogP contribution in [0.3, 0.4) is 0 Å². The lowest BCUT2D eigenvalue weighted by Crippen LogP contribution is -2.17. The summed E-state index contributed by atoms with van der Waals surface area (Å²) in [4.78, 5) is 11.9. The summed E-state index contributed by atoms with van der Waals surface area (Å²) in [6.45, 7) is 0. The van der Waals surface area contributed by atoms with Gasteiger partial charge in [0.05, 0.1) is 0 Å². The highest BCUT2D eigenvalue weighted by molar-refractivity contribution is 6.30. The molecule has 1 aromatic heterocycles. The van der Waals surface area contributed by atoms with Gasteiger partial charge in [-0.1, -0.05) is 23.7 Å². The van der Waals surface area contributed by atoms with Crippen LogP contribution in [0, 0.1) is 0 Å². The van der Waals surface area contributed by atoms with E-state index in [1.54, 1.807) is 6.08 Å². The molecule has 6 nitrogen and oxygen atoms in total. The number of aromatic nitrogens is 2. The molecule has 0 aliphatic heterocycles. The number of nitrogen functional groups attached to an aromatic ring is 1. The minimum Gasteiger partial charge on any atom is -0.378 e. The zero-order valence-electron chi connectivity index (χ0n) is 11.0. The molecule has 0 fully saturated rings. The number of nitrogens with one attached hydrogen (secondary N) is 1. The number of allylic oxidation sites excluding steroid dienone is 2. The molecule has 0 saturated heterocycles. The molecular weight excluding hydrogens is 292 g/mol. The molecule has 21 heavy (non-hydrogen) atoms. The first-order chi connectivity index (χ1) is 10.1. The Labute approximate surface area is 125 Å². The number of benzene rings is 1. The van der Waals surface area contributed by atoms with Crippen LogP contribution in [-0.2, 0) is 4.79 Å². The maximum Gasteiger partial charge on any atom is 0.219 e. The van der Waals surface area contributed by atoms with Crippen LogP contribution in [0.4, 0.5) is 11.6 Å². The molecular formula is C14H13ClN4O2. The number of hydrogen-bond acceptors (Lipinski definition) is 6. The van der Waals surface area contributed by atoms with Crippen molar-refractivity contribution in [2.24, 2.45) is 0 Å². The summed E-state index contributed by atoms with van der Waals surface area (Å²) in [5.41, 5.74) is 7.42. The van der Waals surface area contributed by atoms with Crippen LogP contribution in [0.1, 0.15) is 24.3 Å². The Morgan fingerprint density at radius 2 is 2.00 bits per heavy atom. The number of ketones is 1. The second kappa shape index (κ2) is 5.57. The van der Waals surface area contributed by atoms with E-state index >= 15 is 0 Å². The third kappa shape index (κ3) is 3.05. The number of carbonyl (C=O) groups excluding carboxylic acids is 1. The Morgan fingerprint density at radius 3 is 2.67 bits per heavy atom. The minimum atomic E-state index is 0.0544. The lowest BCUT2D eigenvalue weighted by atomic mass is 9.85. The molecule has 0 bridgehead atoms. The summed E-state index contributed by atoms with van der Waals surface area (Å²) in [5, 5.41) is 10.8. The molecule has 1 aromatic carbocycles. The monoisotopic (exact) mass is 304 g/mol. The van der Waals surface area contributed by atoms with Gasteiger partial charge < -0.3 is 11.1 Å². The Bertz CT molecular complexity index is 693. The van der Waals surface area contributed by atoms with Crippen LogP contribution < -0.4 is 11.1 Å². The van der Waals surface area contributed by atoms with E-state index in [1.807, 2.05) is 24.3 Å². The Kier molecular flexibility index (Phi) is 3.62.